The van der Waals surface area contributed by atoms with Crippen LogP contribution >= 0.6 is 0 Å². The zero-order chi connectivity index (χ0) is 12.7. The Hall–Kier alpha value is -1.51. The Labute approximate surface area is 103 Å². The summed E-state index contributed by atoms with van der Waals surface area (Å²) < 4.78 is 5.14. The van der Waals surface area contributed by atoms with Crippen molar-refractivity contribution in [1.82, 2.24) is 5.32 Å². The normalized spacial score (nSPS) is 13.8. The minimum Gasteiger partial charge on any atom is -0.445 e. The number of ether oxygens (including phenoxy) is 1. The smallest absolute Gasteiger partial charge is 0.407 e. The lowest BCUT2D eigenvalue weighted by molar-refractivity contribution is 0.133. The van der Waals surface area contributed by atoms with Crippen LogP contribution < -0.4 is 5.32 Å². The molecule has 2 unspecified atom stereocenters. The molecule has 1 aromatic carbocycles. The van der Waals surface area contributed by atoms with Gasteiger partial charge in [0.1, 0.15) is 6.61 Å². The molecule has 0 heterocycles. The molecule has 3 heteroatoms. The number of hydrogen-bond acceptors (Lipinski definition) is 2. The molecule has 0 aliphatic carbocycles. The van der Waals surface area contributed by atoms with Crippen LogP contribution in [-0.4, -0.2) is 12.1 Å². The van der Waals surface area contributed by atoms with Crippen LogP contribution in [0.25, 0.3) is 0 Å². The van der Waals surface area contributed by atoms with Crippen LogP contribution in [0.1, 0.15) is 32.8 Å². The summed E-state index contributed by atoms with van der Waals surface area (Å²) >= 11 is 0. The van der Waals surface area contributed by atoms with Crippen molar-refractivity contribution < 1.29 is 9.53 Å². The number of carbonyl (C=O) groups is 1. The van der Waals surface area contributed by atoms with Crippen molar-refractivity contribution in [1.29, 1.82) is 0 Å². The van der Waals surface area contributed by atoms with Gasteiger partial charge in [0.2, 0.25) is 0 Å². The number of nitrogens with one attached hydrogen (secondary N) is 1. The lowest BCUT2D eigenvalue weighted by Gasteiger charge is -2.19. The summed E-state index contributed by atoms with van der Waals surface area (Å²) in [4.78, 5) is 11.5. The molecule has 2 atom stereocenters. The third kappa shape index (κ3) is 4.89. The summed E-state index contributed by atoms with van der Waals surface area (Å²) in [6.45, 7) is 6.54. The molecular formula is C14H21NO2. The molecule has 0 aliphatic rings. The lowest BCUT2D eigenvalue weighted by atomic mass is 10.0. The zero-order valence-electron chi connectivity index (χ0n) is 10.8. The predicted molar refractivity (Wildman–Crippen MR) is 68.7 cm³/mol. The molecule has 0 aliphatic heterocycles. The van der Waals surface area contributed by atoms with Crippen molar-refractivity contribution in [2.24, 2.45) is 5.92 Å². The van der Waals surface area contributed by atoms with Crippen molar-refractivity contribution in [3.05, 3.63) is 35.9 Å². The van der Waals surface area contributed by atoms with E-state index in [0.29, 0.717) is 12.5 Å². The van der Waals surface area contributed by atoms with Gasteiger partial charge in [-0.15, -0.1) is 0 Å². The first-order valence-corrected chi connectivity index (χ1v) is 6.10. The standard InChI is InChI=1S/C14H21NO2/c1-4-11(2)12(3)15-14(16)17-10-13-8-6-5-7-9-13/h5-9,11-12H,4,10H2,1-3H3,(H,15,16). The van der Waals surface area contributed by atoms with Gasteiger partial charge in [-0.3, -0.25) is 0 Å². The first-order valence-electron chi connectivity index (χ1n) is 6.10. The molecule has 17 heavy (non-hydrogen) atoms. The van der Waals surface area contributed by atoms with Gasteiger partial charge in [0.25, 0.3) is 0 Å². The summed E-state index contributed by atoms with van der Waals surface area (Å²) in [5, 5.41) is 2.84. The van der Waals surface area contributed by atoms with Crippen LogP contribution in [0, 0.1) is 5.92 Å². The number of benzene rings is 1. The van der Waals surface area contributed by atoms with Gasteiger partial charge in [-0.2, -0.15) is 0 Å². The topological polar surface area (TPSA) is 38.3 Å². The van der Waals surface area contributed by atoms with Crippen LogP contribution in [-0.2, 0) is 11.3 Å². The van der Waals surface area contributed by atoms with Gasteiger partial charge in [0.15, 0.2) is 0 Å². The summed E-state index contributed by atoms with van der Waals surface area (Å²) in [6.07, 6.45) is 0.696. The number of carbonyl (C=O) groups excluding carboxylic acids is 1. The molecule has 1 amide bonds. The van der Waals surface area contributed by atoms with E-state index in [9.17, 15) is 4.79 Å². The second-order valence-electron chi connectivity index (χ2n) is 4.38. The molecule has 1 rings (SSSR count). The van der Waals surface area contributed by atoms with Crippen LogP contribution in [0.15, 0.2) is 30.3 Å². The summed E-state index contributed by atoms with van der Waals surface area (Å²) in [7, 11) is 0. The Balaban J connectivity index is 2.31. The number of alkyl carbamates (subject to hydrolysis) is 1. The molecule has 0 saturated carbocycles. The predicted octanol–water partition coefficient (Wildman–Crippen LogP) is 3.35. The van der Waals surface area contributed by atoms with Gasteiger partial charge in [0.05, 0.1) is 0 Å². The largest absolute Gasteiger partial charge is 0.445 e. The fourth-order valence-electron chi connectivity index (χ4n) is 1.45. The molecule has 0 aromatic heterocycles. The Morgan fingerprint density at radius 3 is 2.53 bits per heavy atom. The molecule has 94 valence electrons. The van der Waals surface area contributed by atoms with Crippen LogP contribution in [0.4, 0.5) is 4.79 Å². The van der Waals surface area contributed by atoms with Crippen LogP contribution in [0.3, 0.4) is 0 Å². The van der Waals surface area contributed by atoms with Gasteiger partial charge in [-0.1, -0.05) is 50.6 Å². The fourth-order valence-corrected chi connectivity index (χ4v) is 1.45. The van der Waals surface area contributed by atoms with E-state index in [1.165, 1.54) is 0 Å². The molecule has 1 N–H and O–H groups in total. The number of rotatable bonds is 5. The highest BCUT2D eigenvalue weighted by Gasteiger charge is 2.13. The number of hydrogen-bond donors (Lipinski definition) is 1. The van der Waals surface area contributed by atoms with E-state index >= 15 is 0 Å². The molecular weight excluding hydrogens is 214 g/mol. The van der Waals surface area contributed by atoms with Gasteiger partial charge in [-0.05, 0) is 18.4 Å². The van der Waals surface area contributed by atoms with E-state index < -0.39 is 0 Å². The van der Waals surface area contributed by atoms with E-state index in [1.54, 1.807) is 0 Å². The quantitative estimate of drug-likeness (QED) is 0.850. The average Bonchev–Trinajstić information content (AvgIpc) is 2.36. The Morgan fingerprint density at radius 1 is 1.29 bits per heavy atom. The highest BCUT2D eigenvalue weighted by atomic mass is 16.5. The third-order valence-electron chi connectivity index (χ3n) is 3.06. The monoisotopic (exact) mass is 235 g/mol. The van der Waals surface area contributed by atoms with E-state index in [4.69, 9.17) is 4.74 Å². The second-order valence-corrected chi connectivity index (χ2v) is 4.38. The molecule has 0 radical (unpaired) electrons. The fraction of sp³-hybridized carbons (Fsp3) is 0.500. The van der Waals surface area contributed by atoms with Crippen molar-refractivity contribution in [2.75, 3.05) is 0 Å². The summed E-state index contributed by atoms with van der Waals surface area (Å²) in [5.74, 6) is 0.458. The molecule has 0 spiro atoms. The first kappa shape index (κ1) is 13.6. The maximum Gasteiger partial charge on any atom is 0.407 e. The summed E-state index contributed by atoms with van der Waals surface area (Å²) in [6, 6.07) is 9.81. The minimum absolute atomic E-state index is 0.142. The van der Waals surface area contributed by atoms with Crippen LogP contribution in [0.2, 0.25) is 0 Å². The second kappa shape index (κ2) is 6.94. The Morgan fingerprint density at radius 2 is 1.94 bits per heavy atom. The Bertz CT molecular complexity index is 337. The van der Waals surface area contributed by atoms with Crippen molar-refractivity contribution in [3.63, 3.8) is 0 Å². The SMILES string of the molecule is CCC(C)C(C)NC(=O)OCc1ccccc1. The van der Waals surface area contributed by atoms with E-state index in [1.807, 2.05) is 37.3 Å². The van der Waals surface area contributed by atoms with Crippen molar-refractivity contribution >= 4 is 6.09 Å². The van der Waals surface area contributed by atoms with Crippen molar-refractivity contribution in [3.8, 4) is 0 Å². The van der Waals surface area contributed by atoms with E-state index in [2.05, 4.69) is 19.2 Å². The van der Waals surface area contributed by atoms with Crippen LogP contribution in [0.5, 0.6) is 0 Å². The third-order valence-corrected chi connectivity index (χ3v) is 3.06. The van der Waals surface area contributed by atoms with Crippen molar-refractivity contribution in [2.45, 2.75) is 39.8 Å². The molecule has 1 aromatic rings. The highest BCUT2D eigenvalue weighted by molar-refractivity contribution is 5.67. The highest BCUT2D eigenvalue weighted by Crippen LogP contribution is 2.07. The van der Waals surface area contributed by atoms with E-state index in [-0.39, 0.29) is 12.1 Å². The van der Waals surface area contributed by atoms with E-state index in [0.717, 1.165) is 12.0 Å². The maximum atomic E-state index is 11.5. The van der Waals surface area contributed by atoms with Gasteiger partial charge >= 0.3 is 6.09 Å². The number of amides is 1. The average molecular weight is 235 g/mol. The first-order chi connectivity index (χ1) is 8.13. The van der Waals surface area contributed by atoms with Gasteiger partial charge in [0, 0.05) is 6.04 Å². The zero-order valence-corrected chi connectivity index (χ0v) is 10.8. The molecule has 0 bridgehead atoms. The van der Waals surface area contributed by atoms with Gasteiger partial charge < -0.3 is 10.1 Å². The molecule has 0 saturated heterocycles. The molecule has 0 fully saturated rings. The van der Waals surface area contributed by atoms with Gasteiger partial charge in [-0.25, -0.2) is 4.79 Å². The maximum absolute atomic E-state index is 11.5. The lowest BCUT2D eigenvalue weighted by Crippen LogP contribution is -2.37. The minimum atomic E-state index is -0.346. The summed E-state index contributed by atoms with van der Waals surface area (Å²) in [5.41, 5.74) is 0.999. The Kier molecular flexibility index (Phi) is 5.53. The molecule has 3 nitrogen and oxygen atoms in total.